The molecule has 0 saturated carbocycles. The van der Waals surface area contributed by atoms with Gasteiger partial charge in [-0.25, -0.2) is 4.98 Å². The lowest BCUT2D eigenvalue weighted by molar-refractivity contribution is 0.306. The molecule has 0 aliphatic carbocycles. The van der Waals surface area contributed by atoms with Gasteiger partial charge in [-0.15, -0.1) is 0 Å². The zero-order valence-electron chi connectivity index (χ0n) is 13.0. The van der Waals surface area contributed by atoms with Gasteiger partial charge in [0, 0.05) is 19.3 Å². The summed E-state index contributed by atoms with van der Waals surface area (Å²) in [7, 11) is 1.62. The second-order valence-electron chi connectivity index (χ2n) is 5.25. The predicted molar refractivity (Wildman–Crippen MR) is 86.4 cm³/mol. The quantitative estimate of drug-likeness (QED) is 0.406. The van der Waals surface area contributed by atoms with Crippen molar-refractivity contribution in [3.8, 4) is 17.4 Å². The molecular weight excluding hydrogens is 294 g/mol. The number of nitrogens with zero attached hydrogens (tertiary/aromatic N) is 3. The first kappa shape index (κ1) is 15.1. The minimum atomic E-state index is 0.414. The molecule has 6 nitrogen and oxygen atoms in total. The summed E-state index contributed by atoms with van der Waals surface area (Å²) in [5, 5.41) is 12.9. The van der Waals surface area contributed by atoms with Crippen LogP contribution in [0.25, 0.3) is 0 Å². The van der Waals surface area contributed by atoms with Crippen LogP contribution in [0.1, 0.15) is 18.4 Å². The number of pyridine rings is 1. The standard InChI is InChI=1S/C17H19N3O3/c1-22-13-6-8-14(9-7-13)23-17-15(5-4-10-18-17)16(19-21)20-11-2-3-12-20/h4-10,21H,2-3,11-12H2,1H3/b19-16-. The molecule has 1 N–H and O–H groups in total. The molecule has 3 rings (SSSR count). The van der Waals surface area contributed by atoms with Gasteiger partial charge in [-0.1, -0.05) is 5.16 Å². The maximum absolute atomic E-state index is 9.45. The highest BCUT2D eigenvalue weighted by atomic mass is 16.5. The summed E-state index contributed by atoms with van der Waals surface area (Å²) in [5.41, 5.74) is 0.674. The fourth-order valence-corrected chi connectivity index (χ4v) is 2.61. The van der Waals surface area contributed by atoms with E-state index in [0.717, 1.165) is 31.7 Å². The zero-order valence-corrected chi connectivity index (χ0v) is 13.0. The van der Waals surface area contributed by atoms with Crippen LogP contribution in [0.5, 0.6) is 17.4 Å². The Balaban J connectivity index is 1.87. The lowest BCUT2D eigenvalue weighted by Crippen LogP contribution is -2.29. The minimum absolute atomic E-state index is 0.414. The molecule has 1 saturated heterocycles. The highest BCUT2D eigenvalue weighted by molar-refractivity contribution is 6.00. The highest BCUT2D eigenvalue weighted by Gasteiger charge is 2.22. The number of methoxy groups -OCH3 is 1. The lowest BCUT2D eigenvalue weighted by atomic mass is 10.2. The summed E-state index contributed by atoms with van der Waals surface area (Å²) in [6, 6.07) is 10.9. The molecule has 1 aliphatic heterocycles. The van der Waals surface area contributed by atoms with Crippen molar-refractivity contribution in [3.05, 3.63) is 48.2 Å². The van der Waals surface area contributed by atoms with Crippen molar-refractivity contribution in [2.24, 2.45) is 5.16 Å². The smallest absolute Gasteiger partial charge is 0.230 e. The average molecular weight is 313 g/mol. The van der Waals surface area contributed by atoms with Crippen LogP contribution < -0.4 is 9.47 Å². The van der Waals surface area contributed by atoms with Crippen molar-refractivity contribution in [1.82, 2.24) is 9.88 Å². The van der Waals surface area contributed by atoms with Crippen molar-refractivity contribution in [1.29, 1.82) is 0 Å². The Kier molecular flexibility index (Phi) is 4.61. The summed E-state index contributed by atoms with van der Waals surface area (Å²) in [5.74, 6) is 2.31. The van der Waals surface area contributed by atoms with E-state index in [1.165, 1.54) is 0 Å². The normalized spacial score (nSPS) is 14.8. The van der Waals surface area contributed by atoms with Gasteiger partial charge in [0.2, 0.25) is 5.88 Å². The highest BCUT2D eigenvalue weighted by Crippen LogP contribution is 2.26. The van der Waals surface area contributed by atoms with Crippen molar-refractivity contribution in [3.63, 3.8) is 0 Å². The van der Waals surface area contributed by atoms with Crippen molar-refractivity contribution >= 4 is 5.84 Å². The molecule has 0 bridgehead atoms. The Bertz CT molecular complexity index is 680. The van der Waals surface area contributed by atoms with Gasteiger partial charge < -0.3 is 19.6 Å². The van der Waals surface area contributed by atoms with Gasteiger partial charge >= 0.3 is 0 Å². The number of rotatable bonds is 4. The van der Waals surface area contributed by atoms with E-state index in [0.29, 0.717) is 23.0 Å². The molecule has 6 heteroatoms. The van der Waals surface area contributed by atoms with E-state index in [2.05, 4.69) is 10.1 Å². The molecule has 1 fully saturated rings. The first-order chi connectivity index (χ1) is 11.3. The lowest BCUT2D eigenvalue weighted by Gasteiger charge is -2.20. The van der Waals surface area contributed by atoms with Crippen LogP contribution in [0.2, 0.25) is 0 Å². The topological polar surface area (TPSA) is 67.2 Å². The molecule has 2 aromatic rings. The summed E-state index contributed by atoms with van der Waals surface area (Å²) in [6.07, 6.45) is 3.84. The zero-order chi connectivity index (χ0) is 16.1. The van der Waals surface area contributed by atoms with Gasteiger partial charge in [-0.2, -0.15) is 0 Å². The molecule has 23 heavy (non-hydrogen) atoms. The van der Waals surface area contributed by atoms with E-state index in [1.54, 1.807) is 19.4 Å². The Hall–Kier alpha value is -2.76. The van der Waals surface area contributed by atoms with E-state index in [4.69, 9.17) is 9.47 Å². The molecular formula is C17H19N3O3. The molecule has 2 heterocycles. The number of oxime groups is 1. The molecule has 0 spiro atoms. The van der Waals surface area contributed by atoms with E-state index < -0.39 is 0 Å². The van der Waals surface area contributed by atoms with Gasteiger partial charge in [0.25, 0.3) is 0 Å². The number of hydrogen-bond donors (Lipinski definition) is 1. The molecule has 0 radical (unpaired) electrons. The number of amidine groups is 1. The van der Waals surface area contributed by atoms with E-state index in [-0.39, 0.29) is 0 Å². The van der Waals surface area contributed by atoms with Crippen LogP contribution in [0.4, 0.5) is 0 Å². The fraction of sp³-hybridized carbons (Fsp3) is 0.294. The number of ether oxygens (including phenoxy) is 2. The minimum Gasteiger partial charge on any atom is -0.497 e. The molecule has 0 amide bonds. The van der Waals surface area contributed by atoms with Gasteiger partial charge in [0.05, 0.1) is 12.7 Å². The van der Waals surface area contributed by atoms with Crippen LogP contribution in [0, 0.1) is 0 Å². The van der Waals surface area contributed by atoms with Crippen LogP contribution in [0.3, 0.4) is 0 Å². The Morgan fingerprint density at radius 2 is 1.83 bits per heavy atom. The molecule has 1 aliphatic rings. The maximum Gasteiger partial charge on any atom is 0.230 e. The van der Waals surface area contributed by atoms with Crippen LogP contribution in [-0.2, 0) is 0 Å². The first-order valence-corrected chi connectivity index (χ1v) is 7.56. The van der Waals surface area contributed by atoms with Crippen molar-refractivity contribution < 1.29 is 14.7 Å². The number of aromatic nitrogens is 1. The Morgan fingerprint density at radius 3 is 2.48 bits per heavy atom. The molecule has 120 valence electrons. The summed E-state index contributed by atoms with van der Waals surface area (Å²) >= 11 is 0. The first-order valence-electron chi connectivity index (χ1n) is 7.56. The van der Waals surface area contributed by atoms with E-state index >= 15 is 0 Å². The summed E-state index contributed by atoms with van der Waals surface area (Å²) < 4.78 is 11.0. The van der Waals surface area contributed by atoms with Crippen LogP contribution in [0.15, 0.2) is 47.8 Å². The third-order valence-electron chi connectivity index (χ3n) is 3.79. The molecule has 0 unspecified atom stereocenters. The summed E-state index contributed by atoms with van der Waals surface area (Å²) in [6.45, 7) is 1.74. The van der Waals surface area contributed by atoms with Crippen molar-refractivity contribution in [2.45, 2.75) is 12.8 Å². The Morgan fingerprint density at radius 1 is 1.13 bits per heavy atom. The van der Waals surface area contributed by atoms with Crippen LogP contribution in [-0.4, -0.2) is 41.1 Å². The third kappa shape index (κ3) is 3.36. The van der Waals surface area contributed by atoms with Gasteiger partial charge in [0.15, 0.2) is 5.84 Å². The van der Waals surface area contributed by atoms with Gasteiger partial charge in [0.1, 0.15) is 11.5 Å². The molecule has 1 aromatic carbocycles. The monoisotopic (exact) mass is 313 g/mol. The second-order valence-corrected chi connectivity index (χ2v) is 5.25. The van der Waals surface area contributed by atoms with Crippen LogP contribution >= 0.6 is 0 Å². The van der Waals surface area contributed by atoms with Crippen molar-refractivity contribution in [2.75, 3.05) is 20.2 Å². The van der Waals surface area contributed by atoms with Gasteiger partial charge in [-0.3, -0.25) is 0 Å². The predicted octanol–water partition coefficient (Wildman–Crippen LogP) is 3.11. The van der Waals surface area contributed by atoms with E-state index in [1.807, 2.05) is 35.2 Å². The fourth-order valence-electron chi connectivity index (χ4n) is 2.61. The molecule has 1 aromatic heterocycles. The maximum atomic E-state index is 9.45. The average Bonchev–Trinajstić information content (AvgIpc) is 3.12. The Labute approximate surface area is 135 Å². The SMILES string of the molecule is COc1ccc(Oc2ncccc2/C(=N/O)N2CCCC2)cc1. The van der Waals surface area contributed by atoms with Gasteiger partial charge in [-0.05, 0) is 49.2 Å². The molecule has 0 atom stereocenters. The summed E-state index contributed by atoms with van der Waals surface area (Å²) in [4.78, 5) is 6.32. The number of likely N-dealkylation sites (tertiary alicyclic amines) is 1. The van der Waals surface area contributed by atoms with E-state index in [9.17, 15) is 5.21 Å². The number of hydrogen-bond acceptors (Lipinski definition) is 5. The largest absolute Gasteiger partial charge is 0.497 e. The third-order valence-corrected chi connectivity index (χ3v) is 3.79. The second kappa shape index (κ2) is 7.00. The number of benzene rings is 1.